The molecule has 0 N–H and O–H groups in total. The van der Waals surface area contributed by atoms with E-state index >= 15 is 0 Å². The van der Waals surface area contributed by atoms with E-state index in [0.29, 0.717) is 0 Å². The van der Waals surface area contributed by atoms with Crippen molar-refractivity contribution in [2.45, 2.75) is 62.3 Å². The van der Waals surface area contributed by atoms with E-state index in [1.165, 1.54) is 11.8 Å². The summed E-state index contributed by atoms with van der Waals surface area (Å²) in [6, 6.07) is 6.78. The summed E-state index contributed by atoms with van der Waals surface area (Å²) in [6.07, 6.45) is 7.21. The van der Waals surface area contributed by atoms with E-state index in [-0.39, 0.29) is 28.7 Å². The fourth-order valence-corrected chi connectivity index (χ4v) is 5.56. The van der Waals surface area contributed by atoms with Gasteiger partial charge in [0.15, 0.2) is 9.84 Å². The number of aryl methyl sites for hydroxylation is 2. The van der Waals surface area contributed by atoms with Crippen LogP contribution < -0.4 is 0 Å². The van der Waals surface area contributed by atoms with Crippen LogP contribution in [0.1, 0.15) is 48.8 Å². The van der Waals surface area contributed by atoms with Gasteiger partial charge in [-0.2, -0.15) is 0 Å². The van der Waals surface area contributed by atoms with E-state index < -0.39 is 9.84 Å². The number of rotatable bonds is 3. The molecule has 1 saturated heterocycles. The molecular formula is C22H27N3O3S. The molecule has 0 unspecified atom stereocenters. The van der Waals surface area contributed by atoms with E-state index in [1.807, 2.05) is 18.0 Å². The first-order chi connectivity index (χ1) is 13.7. The Bertz CT molecular complexity index is 1050. The Labute approximate surface area is 172 Å². The van der Waals surface area contributed by atoms with Crippen LogP contribution in [0.5, 0.6) is 0 Å². The number of likely N-dealkylation sites (tertiary alicyclic amines) is 1. The van der Waals surface area contributed by atoms with Gasteiger partial charge in [-0.1, -0.05) is 19.1 Å². The van der Waals surface area contributed by atoms with Gasteiger partial charge >= 0.3 is 0 Å². The Morgan fingerprint density at radius 1 is 1.28 bits per heavy atom. The van der Waals surface area contributed by atoms with Gasteiger partial charge in [0.25, 0.3) is 0 Å². The Morgan fingerprint density at radius 2 is 2.00 bits per heavy atom. The van der Waals surface area contributed by atoms with Gasteiger partial charge in [0.2, 0.25) is 5.91 Å². The van der Waals surface area contributed by atoms with Crippen molar-refractivity contribution >= 4 is 15.7 Å². The zero-order valence-electron chi connectivity index (χ0n) is 17.2. The molecule has 0 spiro atoms. The molecule has 0 bridgehead atoms. The van der Waals surface area contributed by atoms with Crippen LogP contribution in [0, 0.1) is 6.92 Å². The minimum atomic E-state index is -3.23. The first kappa shape index (κ1) is 20.0. The fraction of sp³-hybridized carbons (Fsp3) is 0.500. The lowest BCUT2D eigenvalue weighted by molar-refractivity contribution is -0.137. The number of benzene rings is 1. The largest absolute Gasteiger partial charge is 0.338 e. The molecule has 1 aliphatic heterocycles. The molecule has 2 aliphatic rings. The van der Waals surface area contributed by atoms with Crippen LogP contribution in [0.3, 0.4) is 0 Å². The number of piperidine rings is 1. The molecular weight excluding hydrogens is 386 g/mol. The Morgan fingerprint density at radius 3 is 2.69 bits per heavy atom. The number of aromatic nitrogens is 2. The lowest BCUT2D eigenvalue weighted by atomic mass is 9.65. The maximum atomic E-state index is 13.2. The van der Waals surface area contributed by atoms with Crippen LogP contribution in [0.4, 0.5) is 0 Å². The summed E-state index contributed by atoms with van der Waals surface area (Å²) in [5, 5.41) is 0. The number of carbonyl (C=O) groups excluding carboxylic acids is 1. The van der Waals surface area contributed by atoms with Gasteiger partial charge in [0, 0.05) is 30.5 Å². The van der Waals surface area contributed by atoms with Gasteiger partial charge in [0.1, 0.15) is 5.82 Å². The molecule has 0 saturated carbocycles. The van der Waals surface area contributed by atoms with Crippen LogP contribution in [0.2, 0.25) is 0 Å². The minimum Gasteiger partial charge on any atom is -0.338 e. The van der Waals surface area contributed by atoms with Crippen molar-refractivity contribution in [3.63, 3.8) is 0 Å². The normalized spacial score (nSPS) is 24.0. The van der Waals surface area contributed by atoms with Gasteiger partial charge in [-0.25, -0.2) is 18.4 Å². The second-order valence-electron chi connectivity index (χ2n) is 8.55. The van der Waals surface area contributed by atoms with Crippen molar-refractivity contribution in [3.8, 4) is 0 Å². The second kappa shape index (κ2) is 7.20. The summed E-state index contributed by atoms with van der Waals surface area (Å²) in [6.45, 7) is 4.92. The summed E-state index contributed by atoms with van der Waals surface area (Å²) < 4.78 is 23.3. The zero-order valence-corrected chi connectivity index (χ0v) is 18.0. The van der Waals surface area contributed by atoms with Crippen molar-refractivity contribution in [3.05, 3.63) is 53.1 Å². The van der Waals surface area contributed by atoms with Gasteiger partial charge < -0.3 is 4.90 Å². The average molecular weight is 414 g/mol. The molecule has 154 valence electrons. The first-order valence-corrected chi connectivity index (χ1v) is 12.0. The van der Waals surface area contributed by atoms with Crippen molar-refractivity contribution in [2.75, 3.05) is 12.8 Å². The summed E-state index contributed by atoms with van der Waals surface area (Å²) >= 11 is 0. The Balaban J connectivity index is 1.57. The molecule has 1 fully saturated rings. The molecule has 1 aromatic carbocycles. The van der Waals surface area contributed by atoms with Crippen LogP contribution in [0.15, 0.2) is 35.4 Å². The summed E-state index contributed by atoms with van der Waals surface area (Å²) in [5.41, 5.74) is 3.01. The smallest absolute Gasteiger partial charge is 0.227 e. The minimum absolute atomic E-state index is 0.0993. The average Bonchev–Trinajstić information content (AvgIpc) is 2.67. The third-order valence-corrected chi connectivity index (χ3v) is 7.58. The number of sulfone groups is 1. The van der Waals surface area contributed by atoms with E-state index in [9.17, 15) is 13.2 Å². The number of amides is 1. The quantitative estimate of drug-likeness (QED) is 0.773. The van der Waals surface area contributed by atoms with E-state index in [1.54, 1.807) is 24.3 Å². The van der Waals surface area contributed by atoms with Crippen LogP contribution in [-0.4, -0.2) is 48.0 Å². The number of hydrogen-bond acceptors (Lipinski definition) is 5. The maximum Gasteiger partial charge on any atom is 0.227 e. The molecule has 2 atom stereocenters. The second-order valence-corrected chi connectivity index (χ2v) is 10.6. The molecule has 4 rings (SSSR count). The van der Waals surface area contributed by atoms with E-state index in [4.69, 9.17) is 4.98 Å². The van der Waals surface area contributed by atoms with Crippen LogP contribution >= 0.6 is 0 Å². The number of hydrogen-bond donors (Lipinski definition) is 0. The van der Waals surface area contributed by atoms with Gasteiger partial charge in [-0.3, -0.25) is 4.79 Å². The highest BCUT2D eigenvalue weighted by Gasteiger charge is 2.48. The Hall–Kier alpha value is -2.28. The maximum absolute atomic E-state index is 13.2. The van der Waals surface area contributed by atoms with Crippen molar-refractivity contribution in [1.29, 1.82) is 0 Å². The molecule has 1 amide bonds. The highest BCUT2D eigenvalue weighted by atomic mass is 32.2. The van der Waals surface area contributed by atoms with Crippen molar-refractivity contribution in [2.24, 2.45) is 0 Å². The molecule has 2 heterocycles. The fourth-order valence-electron chi connectivity index (χ4n) is 4.93. The van der Waals surface area contributed by atoms with Crippen LogP contribution in [-0.2, 0) is 32.9 Å². The predicted molar refractivity (Wildman–Crippen MR) is 110 cm³/mol. The molecule has 7 heteroatoms. The molecule has 0 radical (unpaired) electrons. The zero-order chi connectivity index (χ0) is 20.8. The summed E-state index contributed by atoms with van der Waals surface area (Å²) in [7, 11) is -3.23. The van der Waals surface area contributed by atoms with Gasteiger partial charge in [-0.05, 0) is 55.9 Å². The first-order valence-electron chi connectivity index (χ1n) is 10.1. The monoisotopic (exact) mass is 413 g/mol. The van der Waals surface area contributed by atoms with E-state index in [2.05, 4.69) is 11.9 Å². The molecule has 29 heavy (non-hydrogen) atoms. The lowest BCUT2D eigenvalue weighted by Gasteiger charge is -2.51. The predicted octanol–water partition coefficient (Wildman–Crippen LogP) is 2.63. The molecule has 2 aromatic rings. The number of carbonyl (C=O) groups is 1. The van der Waals surface area contributed by atoms with E-state index in [0.717, 1.165) is 49.3 Å². The molecule has 1 aliphatic carbocycles. The molecule has 6 nitrogen and oxygen atoms in total. The van der Waals surface area contributed by atoms with Crippen molar-refractivity contribution in [1.82, 2.24) is 14.9 Å². The lowest BCUT2D eigenvalue weighted by Crippen LogP contribution is -2.58. The Kier molecular flexibility index (Phi) is 4.97. The highest BCUT2D eigenvalue weighted by Crippen LogP contribution is 2.44. The molecule has 1 aromatic heterocycles. The van der Waals surface area contributed by atoms with Crippen LogP contribution in [0.25, 0.3) is 0 Å². The SMILES string of the molecule is Cc1ncc2c(n1)[C@]1(C)CCCN(C(=O)Cc3ccc(S(C)(=O)=O)cc3)[C@H]1CC2. The third-order valence-electron chi connectivity index (χ3n) is 6.45. The number of nitrogens with zero attached hydrogens (tertiary/aromatic N) is 3. The highest BCUT2D eigenvalue weighted by molar-refractivity contribution is 7.90. The number of fused-ring (bicyclic) bond motifs is 3. The van der Waals surface area contributed by atoms with Gasteiger partial charge in [-0.15, -0.1) is 0 Å². The summed E-state index contributed by atoms with van der Waals surface area (Å²) in [5.74, 6) is 0.877. The third kappa shape index (κ3) is 3.68. The topological polar surface area (TPSA) is 80.2 Å². The van der Waals surface area contributed by atoms with Crippen molar-refractivity contribution < 1.29 is 13.2 Å². The van der Waals surface area contributed by atoms with Gasteiger partial charge in [0.05, 0.1) is 17.0 Å². The standard InChI is InChI=1S/C22H27N3O3S/c1-15-23-14-17-7-10-19-22(2,21(17)24-15)11-4-12-25(19)20(26)13-16-5-8-18(9-6-16)29(3,27)28/h5-6,8-9,14,19H,4,7,10-13H2,1-3H3/t19-,22+/m0/s1. The summed E-state index contributed by atoms with van der Waals surface area (Å²) in [4.78, 5) is 24.6.